The third-order valence-corrected chi connectivity index (χ3v) is 5.24. The van der Waals surface area contributed by atoms with E-state index in [1.807, 2.05) is 17.5 Å². The standard InChI is InChI=1S/C18H17FN4OS2/c1-2-9-23(11-15-4-3-10-25-15)12-16-21-22-18(26-16)17(24)20-14-7-5-13(19)6-8-14/h2-8,10H,1,9,11-12H2,(H,20,24). The SMILES string of the molecule is C=CCN(Cc1cccs1)Cc1nnc(C(=O)Nc2ccc(F)cc2)s1. The van der Waals surface area contributed by atoms with Crippen molar-refractivity contribution in [3.05, 3.63) is 75.1 Å². The number of amides is 1. The van der Waals surface area contributed by atoms with E-state index in [0.717, 1.165) is 11.6 Å². The topological polar surface area (TPSA) is 58.1 Å². The van der Waals surface area contributed by atoms with Gasteiger partial charge in [-0.3, -0.25) is 9.69 Å². The first-order chi connectivity index (χ1) is 12.6. The molecule has 0 saturated heterocycles. The molecule has 26 heavy (non-hydrogen) atoms. The number of rotatable bonds is 8. The van der Waals surface area contributed by atoms with Gasteiger partial charge < -0.3 is 5.32 Å². The maximum absolute atomic E-state index is 12.9. The number of anilines is 1. The number of nitrogens with one attached hydrogen (secondary N) is 1. The molecule has 0 fully saturated rings. The molecule has 1 N–H and O–H groups in total. The Morgan fingerprint density at radius 3 is 2.73 bits per heavy atom. The predicted octanol–water partition coefficient (Wildman–Crippen LogP) is 4.18. The molecule has 0 atom stereocenters. The second kappa shape index (κ2) is 8.79. The third kappa shape index (κ3) is 5.04. The van der Waals surface area contributed by atoms with Gasteiger partial charge in [-0.25, -0.2) is 4.39 Å². The smallest absolute Gasteiger partial charge is 0.286 e. The molecule has 0 saturated carbocycles. The van der Waals surface area contributed by atoms with Gasteiger partial charge in [-0.05, 0) is 35.7 Å². The normalized spacial score (nSPS) is 10.8. The fraction of sp³-hybridized carbons (Fsp3) is 0.167. The summed E-state index contributed by atoms with van der Waals surface area (Å²) in [7, 11) is 0. The molecule has 0 spiro atoms. The molecule has 0 aliphatic heterocycles. The van der Waals surface area contributed by atoms with Crippen molar-refractivity contribution in [3.63, 3.8) is 0 Å². The van der Waals surface area contributed by atoms with Gasteiger partial charge in [-0.1, -0.05) is 23.5 Å². The van der Waals surface area contributed by atoms with Gasteiger partial charge in [0.1, 0.15) is 10.8 Å². The Bertz CT molecular complexity index is 862. The number of nitrogens with zero attached hydrogens (tertiary/aromatic N) is 3. The summed E-state index contributed by atoms with van der Waals surface area (Å²) in [6, 6.07) is 9.69. The molecule has 5 nitrogen and oxygen atoms in total. The Morgan fingerprint density at radius 1 is 1.23 bits per heavy atom. The van der Waals surface area contributed by atoms with E-state index in [1.165, 1.54) is 40.5 Å². The summed E-state index contributed by atoms with van der Waals surface area (Å²) in [6.07, 6.45) is 1.84. The van der Waals surface area contributed by atoms with Crippen LogP contribution < -0.4 is 5.32 Å². The van der Waals surface area contributed by atoms with E-state index >= 15 is 0 Å². The number of carbonyl (C=O) groups is 1. The maximum atomic E-state index is 12.9. The first kappa shape index (κ1) is 18.4. The Hall–Kier alpha value is -2.42. The molecule has 1 amide bonds. The molecular weight excluding hydrogens is 371 g/mol. The highest BCUT2D eigenvalue weighted by Crippen LogP contribution is 2.18. The molecule has 0 unspecified atom stereocenters. The lowest BCUT2D eigenvalue weighted by Gasteiger charge is -2.17. The van der Waals surface area contributed by atoms with Crippen LogP contribution in [0.25, 0.3) is 0 Å². The van der Waals surface area contributed by atoms with Crippen LogP contribution in [-0.4, -0.2) is 27.5 Å². The summed E-state index contributed by atoms with van der Waals surface area (Å²) in [5, 5.41) is 13.9. The monoisotopic (exact) mass is 388 g/mol. The predicted molar refractivity (Wildman–Crippen MR) is 103 cm³/mol. The number of hydrogen-bond acceptors (Lipinski definition) is 6. The van der Waals surface area contributed by atoms with Crippen molar-refractivity contribution in [1.29, 1.82) is 0 Å². The van der Waals surface area contributed by atoms with Crippen LogP contribution in [0.1, 0.15) is 19.7 Å². The van der Waals surface area contributed by atoms with Crippen LogP contribution in [0.4, 0.5) is 10.1 Å². The average molecular weight is 388 g/mol. The molecule has 2 aromatic heterocycles. The molecule has 0 aliphatic carbocycles. The highest BCUT2D eigenvalue weighted by atomic mass is 32.1. The van der Waals surface area contributed by atoms with E-state index in [1.54, 1.807) is 11.3 Å². The molecule has 0 radical (unpaired) electrons. The van der Waals surface area contributed by atoms with Crippen LogP contribution in [0.3, 0.4) is 0 Å². The molecule has 0 aliphatic rings. The average Bonchev–Trinajstić information content (AvgIpc) is 3.29. The summed E-state index contributed by atoms with van der Waals surface area (Å²) >= 11 is 2.95. The first-order valence-electron chi connectivity index (χ1n) is 7.89. The number of hydrogen-bond donors (Lipinski definition) is 1. The second-order valence-corrected chi connectivity index (χ2v) is 7.59. The van der Waals surface area contributed by atoms with Crippen molar-refractivity contribution in [2.75, 3.05) is 11.9 Å². The van der Waals surface area contributed by atoms with Crippen LogP contribution in [0.15, 0.2) is 54.4 Å². The lowest BCUT2D eigenvalue weighted by Crippen LogP contribution is -2.22. The number of aromatic nitrogens is 2. The lowest BCUT2D eigenvalue weighted by molar-refractivity contribution is 0.102. The van der Waals surface area contributed by atoms with Gasteiger partial charge >= 0.3 is 0 Å². The van der Waals surface area contributed by atoms with Gasteiger partial charge in [0.05, 0.1) is 6.54 Å². The van der Waals surface area contributed by atoms with Gasteiger partial charge in [0.2, 0.25) is 5.01 Å². The number of thiophene rings is 1. The van der Waals surface area contributed by atoms with E-state index in [-0.39, 0.29) is 16.7 Å². The molecule has 3 rings (SSSR count). The number of halogens is 1. The van der Waals surface area contributed by atoms with Gasteiger partial charge in [0.15, 0.2) is 0 Å². The second-order valence-electron chi connectivity index (χ2n) is 5.50. The van der Waals surface area contributed by atoms with E-state index in [9.17, 15) is 9.18 Å². The molecule has 8 heteroatoms. The van der Waals surface area contributed by atoms with Crippen molar-refractivity contribution in [1.82, 2.24) is 15.1 Å². The van der Waals surface area contributed by atoms with Gasteiger partial charge in [-0.15, -0.1) is 28.1 Å². The van der Waals surface area contributed by atoms with Gasteiger partial charge in [0.25, 0.3) is 5.91 Å². The van der Waals surface area contributed by atoms with E-state index in [0.29, 0.717) is 18.8 Å². The minimum atomic E-state index is -0.353. The Morgan fingerprint density at radius 2 is 2.04 bits per heavy atom. The van der Waals surface area contributed by atoms with E-state index in [2.05, 4.69) is 33.1 Å². The quantitative estimate of drug-likeness (QED) is 0.588. The van der Waals surface area contributed by atoms with Crippen molar-refractivity contribution in [2.24, 2.45) is 0 Å². The Balaban J connectivity index is 1.62. The van der Waals surface area contributed by atoms with Crippen LogP contribution in [-0.2, 0) is 13.1 Å². The van der Waals surface area contributed by atoms with Gasteiger partial charge in [-0.2, -0.15) is 0 Å². The summed E-state index contributed by atoms with van der Waals surface area (Å²) in [6.45, 7) is 5.89. The number of benzene rings is 1. The minimum Gasteiger partial charge on any atom is -0.320 e. The van der Waals surface area contributed by atoms with Crippen molar-refractivity contribution < 1.29 is 9.18 Å². The summed E-state index contributed by atoms with van der Waals surface area (Å²) in [5.74, 6) is -0.705. The highest BCUT2D eigenvalue weighted by molar-refractivity contribution is 7.13. The third-order valence-electron chi connectivity index (χ3n) is 3.47. The van der Waals surface area contributed by atoms with E-state index < -0.39 is 0 Å². The lowest BCUT2D eigenvalue weighted by atomic mass is 10.3. The first-order valence-corrected chi connectivity index (χ1v) is 9.58. The van der Waals surface area contributed by atoms with Crippen LogP contribution in [0.2, 0.25) is 0 Å². The zero-order chi connectivity index (χ0) is 18.4. The molecule has 1 aromatic carbocycles. The largest absolute Gasteiger partial charge is 0.320 e. The molecule has 2 heterocycles. The van der Waals surface area contributed by atoms with Crippen LogP contribution in [0.5, 0.6) is 0 Å². The molecular formula is C18H17FN4OS2. The summed E-state index contributed by atoms with van der Waals surface area (Å²) < 4.78 is 12.9. The van der Waals surface area contributed by atoms with Crippen molar-refractivity contribution in [2.45, 2.75) is 13.1 Å². The Kier molecular flexibility index (Phi) is 6.21. The van der Waals surface area contributed by atoms with Crippen molar-refractivity contribution >= 4 is 34.3 Å². The summed E-state index contributed by atoms with van der Waals surface area (Å²) in [4.78, 5) is 15.7. The fourth-order valence-electron chi connectivity index (χ4n) is 2.31. The van der Waals surface area contributed by atoms with E-state index in [4.69, 9.17) is 0 Å². The highest BCUT2D eigenvalue weighted by Gasteiger charge is 2.15. The van der Waals surface area contributed by atoms with Crippen LogP contribution >= 0.6 is 22.7 Å². The molecule has 134 valence electrons. The number of carbonyl (C=O) groups excluding carboxylic acids is 1. The van der Waals surface area contributed by atoms with Crippen LogP contribution in [0, 0.1) is 5.82 Å². The zero-order valence-electron chi connectivity index (χ0n) is 13.9. The minimum absolute atomic E-state index is 0.277. The molecule has 3 aromatic rings. The zero-order valence-corrected chi connectivity index (χ0v) is 15.5. The molecule has 0 bridgehead atoms. The maximum Gasteiger partial charge on any atom is 0.286 e. The van der Waals surface area contributed by atoms with Crippen molar-refractivity contribution in [3.8, 4) is 0 Å². The van der Waals surface area contributed by atoms with Gasteiger partial charge in [0, 0.05) is 23.7 Å². The summed E-state index contributed by atoms with van der Waals surface area (Å²) in [5.41, 5.74) is 0.513. The fourth-order valence-corrected chi connectivity index (χ4v) is 3.83. The Labute approximate surface area is 158 Å².